The summed E-state index contributed by atoms with van der Waals surface area (Å²) in [4.78, 5) is 14.6. The minimum atomic E-state index is -0.164. The summed E-state index contributed by atoms with van der Waals surface area (Å²) in [5.41, 5.74) is 1.47. The van der Waals surface area contributed by atoms with E-state index in [1.165, 1.54) is 0 Å². The highest BCUT2D eigenvalue weighted by Crippen LogP contribution is 2.28. The zero-order chi connectivity index (χ0) is 14.4. The van der Waals surface area contributed by atoms with Crippen molar-refractivity contribution < 1.29 is 9.90 Å². The number of hydrogen-bond donors (Lipinski definition) is 1. The molecule has 0 heterocycles. The van der Waals surface area contributed by atoms with Gasteiger partial charge in [-0.1, -0.05) is 31.3 Å². The third-order valence-corrected chi connectivity index (χ3v) is 3.42. The second kappa shape index (κ2) is 7.12. The van der Waals surface area contributed by atoms with Gasteiger partial charge in [-0.3, -0.25) is 4.79 Å². The van der Waals surface area contributed by atoms with E-state index in [4.69, 9.17) is 5.11 Å². The fourth-order valence-corrected chi connectivity index (χ4v) is 2.20. The molecule has 1 aliphatic rings. The molecule has 0 atom stereocenters. The Morgan fingerprint density at radius 3 is 2.90 bits per heavy atom. The molecule has 1 saturated carbocycles. The number of carbonyl (C=O) groups excluding carboxylic acids is 1. The summed E-state index contributed by atoms with van der Waals surface area (Å²) in [7, 11) is 0. The summed E-state index contributed by atoms with van der Waals surface area (Å²) in [6.07, 6.45) is 4.39. The van der Waals surface area contributed by atoms with Crippen LogP contribution in [0.4, 0.5) is 0 Å². The molecule has 1 N–H and O–H groups in total. The molecule has 0 unspecified atom stereocenters. The molecule has 1 aliphatic carbocycles. The van der Waals surface area contributed by atoms with E-state index in [1.807, 2.05) is 29.2 Å². The molecule has 0 saturated heterocycles. The van der Waals surface area contributed by atoms with Gasteiger partial charge < -0.3 is 10.0 Å². The number of carbonyl (C=O) groups is 1. The van der Waals surface area contributed by atoms with Crippen LogP contribution in [0.15, 0.2) is 24.3 Å². The van der Waals surface area contributed by atoms with Crippen LogP contribution in [-0.4, -0.2) is 35.1 Å². The lowest BCUT2D eigenvalue weighted by Gasteiger charge is -2.22. The zero-order valence-corrected chi connectivity index (χ0v) is 11.9. The van der Waals surface area contributed by atoms with Crippen LogP contribution in [-0.2, 0) is 0 Å². The molecule has 3 heteroatoms. The van der Waals surface area contributed by atoms with Crippen molar-refractivity contribution in [3.63, 3.8) is 0 Å². The van der Waals surface area contributed by atoms with Crippen molar-refractivity contribution in [2.75, 3.05) is 13.2 Å². The maximum absolute atomic E-state index is 12.6. The van der Waals surface area contributed by atoms with E-state index < -0.39 is 0 Å². The first-order valence-corrected chi connectivity index (χ1v) is 7.27. The van der Waals surface area contributed by atoms with Gasteiger partial charge in [0.05, 0.1) is 0 Å². The summed E-state index contributed by atoms with van der Waals surface area (Å²) in [5.74, 6) is 5.56. The topological polar surface area (TPSA) is 40.5 Å². The first-order valence-electron chi connectivity index (χ1n) is 7.27. The predicted molar refractivity (Wildman–Crippen MR) is 79.4 cm³/mol. The summed E-state index contributed by atoms with van der Waals surface area (Å²) in [5, 5.41) is 8.72. The largest absolute Gasteiger partial charge is 0.384 e. The summed E-state index contributed by atoms with van der Waals surface area (Å²) in [6.45, 7) is 2.82. The van der Waals surface area contributed by atoms with E-state index in [0.29, 0.717) is 11.6 Å². The molecule has 20 heavy (non-hydrogen) atoms. The van der Waals surface area contributed by atoms with Crippen molar-refractivity contribution in [1.82, 2.24) is 4.90 Å². The Morgan fingerprint density at radius 1 is 1.45 bits per heavy atom. The minimum absolute atomic E-state index is 0.105. The first kappa shape index (κ1) is 14.6. The highest BCUT2D eigenvalue weighted by Gasteiger charge is 2.32. The number of aliphatic hydroxyl groups is 1. The molecule has 0 bridgehead atoms. The minimum Gasteiger partial charge on any atom is -0.384 e. The van der Waals surface area contributed by atoms with Crippen LogP contribution in [0.25, 0.3) is 0 Å². The van der Waals surface area contributed by atoms with Crippen molar-refractivity contribution in [3.8, 4) is 11.8 Å². The SMILES string of the molecule is CCCCN(C(=O)c1cccc(C#CCO)c1)C1CC1. The smallest absolute Gasteiger partial charge is 0.254 e. The lowest BCUT2D eigenvalue weighted by Crippen LogP contribution is -2.34. The van der Waals surface area contributed by atoms with Crippen LogP contribution >= 0.6 is 0 Å². The summed E-state index contributed by atoms with van der Waals surface area (Å²) < 4.78 is 0. The molecule has 0 aliphatic heterocycles. The Hall–Kier alpha value is -1.79. The zero-order valence-electron chi connectivity index (χ0n) is 11.9. The number of hydrogen-bond acceptors (Lipinski definition) is 2. The predicted octanol–water partition coefficient (Wildman–Crippen LogP) is 2.44. The number of unbranched alkanes of at least 4 members (excludes halogenated alkanes) is 1. The van der Waals surface area contributed by atoms with Crippen LogP contribution in [0.2, 0.25) is 0 Å². The molecular weight excluding hydrogens is 250 g/mol. The molecule has 1 aromatic carbocycles. The monoisotopic (exact) mass is 271 g/mol. The van der Waals surface area contributed by atoms with E-state index in [9.17, 15) is 4.79 Å². The van der Waals surface area contributed by atoms with Crippen LogP contribution in [0.1, 0.15) is 48.5 Å². The van der Waals surface area contributed by atoms with Gasteiger partial charge in [0.15, 0.2) is 0 Å². The fourth-order valence-electron chi connectivity index (χ4n) is 2.20. The van der Waals surface area contributed by atoms with Crippen molar-refractivity contribution >= 4 is 5.91 Å². The molecule has 2 rings (SSSR count). The Bertz CT molecular complexity index is 523. The second-order valence-electron chi connectivity index (χ2n) is 5.12. The van der Waals surface area contributed by atoms with Crippen LogP contribution < -0.4 is 0 Å². The molecule has 0 aromatic heterocycles. The van der Waals surface area contributed by atoms with Gasteiger partial charge in [-0.15, -0.1) is 0 Å². The molecule has 106 valence electrons. The lowest BCUT2D eigenvalue weighted by molar-refractivity contribution is 0.0740. The normalized spacial score (nSPS) is 13.5. The van der Waals surface area contributed by atoms with Gasteiger partial charge in [0.25, 0.3) is 5.91 Å². The Balaban J connectivity index is 2.13. The van der Waals surface area contributed by atoms with Crippen LogP contribution in [0.3, 0.4) is 0 Å². The quantitative estimate of drug-likeness (QED) is 0.836. The highest BCUT2D eigenvalue weighted by molar-refractivity contribution is 5.95. The summed E-state index contributed by atoms with van der Waals surface area (Å²) in [6, 6.07) is 7.79. The molecule has 0 spiro atoms. The van der Waals surface area contributed by atoms with Crippen molar-refractivity contribution in [2.24, 2.45) is 0 Å². The number of aliphatic hydroxyl groups excluding tert-OH is 1. The Labute approximate surface area is 120 Å². The molecular formula is C17H21NO2. The Kier molecular flexibility index (Phi) is 5.20. The fraction of sp³-hybridized carbons (Fsp3) is 0.471. The van der Waals surface area contributed by atoms with E-state index in [0.717, 1.165) is 37.8 Å². The number of benzene rings is 1. The number of rotatable bonds is 5. The van der Waals surface area contributed by atoms with Crippen molar-refractivity contribution in [1.29, 1.82) is 0 Å². The maximum atomic E-state index is 12.6. The average Bonchev–Trinajstić information content (AvgIpc) is 3.30. The third-order valence-electron chi connectivity index (χ3n) is 3.42. The van der Waals surface area contributed by atoms with Gasteiger partial charge in [0.2, 0.25) is 0 Å². The molecule has 3 nitrogen and oxygen atoms in total. The van der Waals surface area contributed by atoms with E-state index in [1.54, 1.807) is 0 Å². The first-order chi connectivity index (χ1) is 9.76. The van der Waals surface area contributed by atoms with Gasteiger partial charge in [-0.25, -0.2) is 0 Å². The standard InChI is InChI=1S/C17H21NO2/c1-2-3-11-18(16-9-10-16)17(20)15-8-4-6-14(13-15)7-5-12-19/h4,6,8,13,16,19H,2-3,9-12H2,1H3. The van der Waals surface area contributed by atoms with E-state index >= 15 is 0 Å². The van der Waals surface area contributed by atoms with Crippen LogP contribution in [0, 0.1) is 11.8 Å². The van der Waals surface area contributed by atoms with Gasteiger partial charge in [0, 0.05) is 23.7 Å². The lowest BCUT2D eigenvalue weighted by atomic mass is 10.1. The van der Waals surface area contributed by atoms with Gasteiger partial charge in [0.1, 0.15) is 6.61 Å². The number of nitrogens with zero attached hydrogens (tertiary/aromatic N) is 1. The molecule has 1 amide bonds. The van der Waals surface area contributed by atoms with Gasteiger partial charge in [-0.2, -0.15) is 0 Å². The van der Waals surface area contributed by atoms with E-state index in [-0.39, 0.29) is 12.5 Å². The second-order valence-corrected chi connectivity index (χ2v) is 5.12. The highest BCUT2D eigenvalue weighted by atomic mass is 16.2. The molecule has 1 fully saturated rings. The summed E-state index contributed by atoms with van der Waals surface area (Å²) >= 11 is 0. The Morgan fingerprint density at radius 2 is 2.25 bits per heavy atom. The molecule has 1 aromatic rings. The number of amides is 1. The average molecular weight is 271 g/mol. The van der Waals surface area contributed by atoms with Crippen molar-refractivity contribution in [2.45, 2.75) is 38.6 Å². The van der Waals surface area contributed by atoms with Crippen LogP contribution in [0.5, 0.6) is 0 Å². The third kappa shape index (κ3) is 3.85. The molecule has 0 radical (unpaired) electrons. The van der Waals surface area contributed by atoms with Crippen molar-refractivity contribution in [3.05, 3.63) is 35.4 Å². The van der Waals surface area contributed by atoms with Gasteiger partial charge >= 0.3 is 0 Å². The van der Waals surface area contributed by atoms with E-state index in [2.05, 4.69) is 18.8 Å². The van der Waals surface area contributed by atoms with Gasteiger partial charge in [-0.05, 0) is 37.5 Å². The maximum Gasteiger partial charge on any atom is 0.254 e.